The van der Waals surface area contributed by atoms with Gasteiger partial charge in [0.1, 0.15) is 5.82 Å². The predicted molar refractivity (Wildman–Crippen MR) is 55.2 cm³/mol. The van der Waals surface area contributed by atoms with Gasteiger partial charge >= 0.3 is 0 Å². The highest BCUT2D eigenvalue weighted by molar-refractivity contribution is 6.52. The summed E-state index contributed by atoms with van der Waals surface area (Å²) in [5, 5.41) is 3.41. The molecule has 0 saturated carbocycles. The van der Waals surface area contributed by atoms with E-state index in [0.29, 0.717) is 0 Å². The van der Waals surface area contributed by atoms with Crippen LogP contribution in [0.4, 0.5) is 4.39 Å². The Morgan fingerprint density at radius 3 is 2.46 bits per heavy atom. The molecule has 0 unspecified atom stereocenters. The summed E-state index contributed by atoms with van der Waals surface area (Å²) in [6, 6.07) is 11.1. The summed E-state index contributed by atoms with van der Waals surface area (Å²) in [4.78, 5) is 0. The molecule has 0 aliphatic rings. The van der Waals surface area contributed by atoms with Gasteiger partial charge in [-0.1, -0.05) is 36.0 Å². The van der Waals surface area contributed by atoms with Crippen molar-refractivity contribution < 1.29 is 4.39 Å². The van der Waals surface area contributed by atoms with Gasteiger partial charge in [0, 0.05) is 0 Å². The van der Waals surface area contributed by atoms with E-state index in [4.69, 9.17) is 0 Å². The van der Waals surface area contributed by atoms with Crippen LogP contribution in [0.5, 0.6) is 0 Å². The second-order valence-corrected chi connectivity index (χ2v) is 4.03. The van der Waals surface area contributed by atoms with Crippen LogP contribution in [0, 0.1) is 5.82 Å². The van der Waals surface area contributed by atoms with E-state index in [-0.39, 0.29) is 5.82 Å². The molecule has 2 heteroatoms. The quantitative estimate of drug-likeness (QED) is 0.603. The van der Waals surface area contributed by atoms with Crippen LogP contribution in [0.25, 0.3) is 10.8 Å². The highest BCUT2D eigenvalue weighted by Crippen LogP contribution is 2.13. The third-order valence-corrected chi connectivity index (χ3v) is 2.98. The molecule has 0 aromatic heterocycles. The highest BCUT2D eigenvalue weighted by Gasteiger charge is 1.96. The molecule has 2 radical (unpaired) electrons. The molecule has 0 aliphatic heterocycles. The van der Waals surface area contributed by atoms with E-state index in [1.165, 1.54) is 11.3 Å². The lowest BCUT2D eigenvalue weighted by Crippen LogP contribution is -2.08. The predicted octanol–water partition coefficient (Wildman–Crippen LogP) is 2.36. The molecule has 64 valence electrons. The number of rotatable bonds is 1. The number of fused-ring (bicyclic) bond motifs is 1. The van der Waals surface area contributed by atoms with Gasteiger partial charge in [-0.05, 0) is 22.9 Å². The summed E-state index contributed by atoms with van der Waals surface area (Å²) in [6.45, 7) is 2.14. The summed E-state index contributed by atoms with van der Waals surface area (Å²) in [6.07, 6.45) is 0. The Labute approximate surface area is 79.2 Å². The van der Waals surface area contributed by atoms with Crippen LogP contribution >= 0.6 is 0 Å². The molecular weight excluding hydrogens is 179 g/mol. The van der Waals surface area contributed by atoms with E-state index in [0.717, 1.165) is 20.3 Å². The first kappa shape index (κ1) is 8.45. The van der Waals surface area contributed by atoms with Crippen molar-refractivity contribution in [2.24, 2.45) is 0 Å². The second-order valence-electron chi connectivity index (χ2n) is 2.96. The molecule has 0 saturated heterocycles. The largest absolute Gasteiger partial charge is 0.207 e. The first-order valence-electron chi connectivity index (χ1n) is 4.17. The summed E-state index contributed by atoms with van der Waals surface area (Å²) in [5.74, 6) is -0.167. The summed E-state index contributed by atoms with van der Waals surface area (Å²) in [7, 11) is 0.797. The number of halogens is 1. The van der Waals surface area contributed by atoms with E-state index in [1.807, 2.05) is 12.1 Å². The molecule has 0 heterocycles. The van der Waals surface area contributed by atoms with Crippen molar-refractivity contribution in [3.8, 4) is 0 Å². The molecule has 0 N–H and O–H groups in total. The molecule has 2 rings (SSSR count). The lowest BCUT2D eigenvalue weighted by Gasteiger charge is -2.00. The number of hydrogen-bond donors (Lipinski definition) is 0. The van der Waals surface area contributed by atoms with Gasteiger partial charge in [0.2, 0.25) is 0 Å². The zero-order valence-corrected chi connectivity index (χ0v) is 8.34. The maximum Gasteiger partial charge on any atom is 0.123 e. The van der Waals surface area contributed by atoms with Crippen molar-refractivity contribution in [1.29, 1.82) is 0 Å². The number of hydrogen-bond acceptors (Lipinski definition) is 0. The Morgan fingerprint density at radius 1 is 1.00 bits per heavy atom. The lowest BCUT2D eigenvalue weighted by atomic mass is 10.1. The molecule has 0 fully saturated rings. The van der Waals surface area contributed by atoms with Gasteiger partial charge in [-0.15, -0.1) is 0 Å². The average molecular weight is 188 g/mol. The zero-order chi connectivity index (χ0) is 9.26. The molecule has 0 atom stereocenters. The molecule has 2 aromatic rings. The van der Waals surface area contributed by atoms with Crippen molar-refractivity contribution in [3.63, 3.8) is 0 Å². The van der Waals surface area contributed by atoms with E-state index >= 15 is 0 Å². The minimum atomic E-state index is -0.167. The van der Waals surface area contributed by atoms with Crippen molar-refractivity contribution in [1.82, 2.24) is 0 Å². The minimum Gasteiger partial charge on any atom is -0.207 e. The molecule has 0 amide bonds. The normalized spacial score (nSPS) is 10.6. The molecule has 0 nitrogen and oxygen atoms in total. The summed E-state index contributed by atoms with van der Waals surface area (Å²) >= 11 is 0. The molecule has 2 aromatic carbocycles. The third-order valence-electron chi connectivity index (χ3n) is 2.09. The summed E-state index contributed by atoms with van der Waals surface area (Å²) in [5.41, 5.74) is 0. The van der Waals surface area contributed by atoms with Gasteiger partial charge in [0.25, 0.3) is 0 Å². The molecular formula is C11H9FSi. The Bertz CT molecular complexity index is 437. The highest BCUT2D eigenvalue weighted by atomic mass is 28.2. The molecule has 0 spiro atoms. The Hall–Kier alpha value is -1.15. The topological polar surface area (TPSA) is 0 Å². The van der Waals surface area contributed by atoms with Gasteiger partial charge in [-0.2, -0.15) is 0 Å². The minimum absolute atomic E-state index is 0.167. The van der Waals surface area contributed by atoms with Crippen molar-refractivity contribution >= 4 is 25.5 Å². The van der Waals surface area contributed by atoms with Gasteiger partial charge in [0.15, 0.2) is 0 Å². The third kappa shape index (κ3) is 1.63. The standard InChI is InChI=1S/C11H9FSi/c1-13-11-5-3-8-6-10(12)4-2-9(8)7-11/h2-7H,1H3. The van der Waals surface area contributed by atoms with Crippen LogP contribution in [0.15, 0.2) is 36.4 Å². The van der Waals surface area contributed by atoms with Crippen LogP contribution < -0.4 is 5.19 Å². The first-order chi connectivity index (χ1) is 6.29. The monoisotopic (exact) mass is 188 g/mol. The van der Waals surface area contributed by atoms with Crippen LogP contribution in [-0.2, 0) is 0 Å². The Kier molecular flexibility index (Phi) is 2.15. The smallest absolute Gasteiger partial charge is 0.123 e. The first-order valence-corrected chi connectivity index (χ1v) is 5.67. The van der Waals surface area contributed by atoms with Gasteiger partial charge in [-0.25, -0.2) is 4.39 Å². The van der Waals surface area contributed by atoms with E-state index < -0.39 is 0 Å². The van der Waals surface area contributed by atoms with Crippen molar-refractivity contribution in [2.75, 3.05) is 0 Å². The fourth-order valence-corrected chi connectivity index (χ4v) is 1.92. The van der Waals surface area contributed by atoms with Crippen LogP contribution in [0.2, 0.25) is 6.55 Å². The molecule has 13 heavy (non-hydrogen) atoms. The van der Waals surface area contributed by atoms with Gasteiger partial charge in [0.05, 0.1) is 9.52 Å². The maximum atomic E-state index is 12.8. The number of benzene rings is 2. The average Bonchev–Trinajstić information content (AvgIpc) is 2.17. The maximum absolute atomic E-state index is 12.8. The van der Waals surface area contributed by atoms with Crippen molar-refractivity contribution in [2.45, 2.75) is 6.55 Å². The Morgan fingerprint density at radius 2 is 1.69 bits per heavy atom. The van der Waals surface area contributed by atoms with Crippen molar-refractivity contribution in [3.05, 3.63) is 42.2 Å². The SMILES string of the molecule is C[Si]c1ccc2cc(F)ccc2c1. The van der Waals surface area contributed by atoms with Crippen LogP contribution in [0.1, 0.15) is 0 Å². The van der Waals surface area contributed by atoms with Gasteiger partial charge in [-0.3, -0.25) is 0 Å². The van der Waals surface area contributed by atoms with Crippen LogP contribution in [-0.4, -0.2) is 9.52 Å². The van der Waals surface area contributed by atoms with Gasteiger partial charge < -0.3 is 0 Å². The summed E-state index contributed by atoms with van der Waals surface area (Å²) < 4.78 is 12.8. The van der Waals surface area contributed by atoms with E-state index in [9.17, 15) is 4.39 Å². The van der Waals surface area contributed by atoms with Crippen LogP contribution in [0.3, 0.4) is 0 Å². The molecule has 0 aliphatic carbocycles. The van der Waals surface area contributed by atoms with E-state index in [1.54, 1.807) is 6.07 Å². The fourth-order valence-electron chi connectivity index (χ4n) is 1.37. The Balaban J connectivity index is 2.66. The van der Waals surface area contributed by atoms with E-state index in [2.05, 4.69) is 18.7 Å². The molecule has 0 bridgehead atoms. The lowest BCUT2D eigenvalue weighted by molar-refractivity contribution is 0.630. The second kappa shape index (κ2) is 3.30. The fraction of sp³-hybridized carbons (Fsp3) is 0.0909. The zero-order valence-electron chi connectivity index (χ0n) is 7.34.